The Morgan fingerprint density at radius 2 is 0.889 bits per heavy atom. The van der Waals surface area contributed by atoms with Crippen molar-refractivity contribution in [2.45, 2.75) is 76.5 Å². The molecule has 2 saturated heterocycles. The van der Waals surface area contributed by atoms with Gasteiger partial charge in [-0.05, 0) is 62.2 Å². The predicted octanol–water partition coefficient (Wildman–Crippen LogP) is 4.52. The van der Waals surface area contributed by atoms with E-state index in [2.05, 4.69) is 0 Å². The summed E-state index contributed by atoms with van der Waals surface area (Å²) in [7, 11) is 0. The second-order valence-electron chi connectivity index (χ2n) is 20.8. The summed E-state index contributed by atoms with van der Waals surface area (Å²) in [5.74, 6) is -33.8. The van der Waals surface area contributed by atoms with E-state index >= 15 is 4.79 Å². The molecule has 2 fully saturated rings. The van der Waals surface area contributed by atoms with Crippen molar-refractivity contribution in [3.05, 3.63) is 88.0 Å². The zero-order valence-electron chi connectivity index (χ0n) is 46.6. The molecule has 3 aliphatic heterocycles. The Balaban J connectivity index is 1.17. The summed E-state index contributed by atoms with van der Waals surface area (Å²) < 4.78 is 51.9. The molecule has 0 amide bonds. The van der Waals surface area contributed by atoms with Gasteiger partial charge in [0.15, 0.2) is 105 Å². The van der Waals surface area contributed by atoms with E-state index in [1.54, 1.807) is 20.8 Å². The lowest BCUT2D eigenvalue weighted by molar-refractivity contribution is -0.224. The lowest BCUT2D eigenvalue weighted by atomic mass is 9.82. The first-order chi connectivity index (χ1) is 42.3. The molecule has 476 valence electrons. The largest absolute Gasteiger partial charge is 0.504 e. The molecule has 6 aromatic carbocycles. The number of hydrogen-bond acceptors (Lipinski definition) is 32. The molecule has 9 rings (SSSR count). The summed E-state index contributed by atoms with van der Waals surface area (Å²) in [5.41, 5.74) is -7.24. The van der Waals surface area contributed by atoms with Gasteiger partial charge < -0.3 is 129 Å². The highest BCUT2D eigenvalue weighted by Crippen LogP contribution is 2.56. The molecule has 3 aliphatic rings. The number of ether oxygens (including phenoxy) is 9. The maximum atomic E-state index is 15.0. The van der Waals surface area contributed by atoms with E-state index in [1.807, 2.05) is 0 Å². The second kappa shape index (κ2) is 24.0. The van der Waals surface area contributed by atoms with Crippen molar-refractivity contribution in [1.82, 2.24) is 0 Å². The van der Waals surface area contributed by atoms with Crippen molar-refractivity contribution in [2.24, 2.45) is 11.8 Å². The van der Waals surface area contributed by atoms with E-state index in [9.17, 15) is 111 Å². The van der Waals surface area contributed by atoms with Gasteiger partial charge in [-0.3, -0.25) is 0 Å². The van der Waals surface area contributed by atoms with Crippen LogP contribution in [0.3, 0.4) is 0 Å². The summed E-state index contributed by atoms with van der Waals surface area (Å²) in [6.07, 6.45) is -13.7. The van der Waals surface area contributed by atoms with E-state index in [4.69, 9.17) is 42.6 Å². The van der Waals surface area contributed by atoms with Gasteiger partial charge in [-0.15, -0.1) is 0 Å². The van der Waals surface area contributed by atoms with Crippen LogP contribution >= 0.6 is 0 Å². The fraction of sp³-hybridized carbons (Fsp3) is 0.276. The van der Waals surface area contributed by atoms with Crippen molar-refractivity contribution in [2.75, 3.05) is 13.2 Å². The Kier molecular flexibility index (Phi) is 16.8. The summed E-state index contributed by atoms with van der Waals surface area (Å²) in [6.45, 7) is 4.39. The van der Waals surface area contributed by atoms with Crippen molar-refractivity contribution in [1.29, 1.82) is 0 Å². The minimum absolute atomic E-state index is 0.301. The minimum atomic E-state index is -2.45. The zero-order valence-corrected chi connectivity index (χ0v) is 46.6. The van der Waals surface area contributed by atoms with Crippen molar-refractivity contribution >= 4 is 35.8 Å². The fourth-order valence-corrected chi connectivity index (χ4v) is 10.1. The topological polar surface area (TPSA) is 529 Å². The molecule has 0 radical (unpaired) electrons. The van der Waals surface area contributed by atoms with E-state index in [0.29, 0.717) is 54.6 Å². The lowest BCUT2D eigenvalue weighted by Gasteiger charge is -2.43. The van der Waals surface area contributed by atoms with E-state index in [1.165, 1.54) is 0 Å². The summed E-state index contributed by atoms with van der Waals surface area (Å²) in [4.78, 5) is 85.1. The molecule has 32 heteroatoms. The fourth-order valence-electron chi connectivity index (χ4n) is 10.1. The number of benzene rings is 6. The van der Waals surface area contributed by atoms with E-state index in [0.717, 1.165) is 6.92 Å². The maximum Gasteiger partial charge on any atom is 0.342 e. The molecule has 4 unspecified atom stereocenters. The monoisotopic (exact) mass is 1260 g/mol. The molecule has 0 saturated carbocycles. The number of phenolic OH excluding ortho intramolecular Hbond substituents is 17. The molecular weight excluding hydrogens is 1210 g/mol. The van der Waals surface area contributed by atoms with Crippen molar-refractivity contribution in [3.8, 4) is 120 Å². The van der Waals surface area contributed by atoms with Crippen LogP contribution in [0, 0.1) is 11.8 Å². The Morgan fingerprint density at radius 1 is 0.444 bits per heavy atom. The number of hydrogen-bond donors (Lipinski definition) is 17. The number of cyclic esters (lactones) is 1. The molecule has 0 aliphatic carbocycles. The Morgan fingerprint density at radius 3 is 1.42 bits per heavy atom. The van der Waals surface area contributed by atoms with Crippen LogP contribution < -0.4 is 4.74 Å². The van der Waals surface area contributed by atoms with Gasteiger partial charge in [0.2, 0.25) is 23.0 Å². The van der Waals surface area contributed by atoms with Crippen molar-refractivity contribution < 1.29 is 158 Å². The summed E-state index contributed by atoms with van der Waals surface area (Å²) >= 11 is 0. The highest BCUT2D eigenvalue weighted by Gasteiger charge is 2.53. The normalized spacial score (nSPS) is 22.2. The summed E-state index contributed by atoms with van der Waals surface area (Å²) in [6, 6.07) is 5.04. The minimum Gasteiger partial charge on any atom is -0.504 e. The van der Waals surface area contributed by atoms with Crippen LogP contribution in [0.15, 0.2) is 54.6 Å². The highest BCUT2D eigenvalue weighted by molar-refractivity contribution is 6.08. The molecule has 0 aromatic heterocycles. The first-order valence-electron chi connectivity index (χ1n) is 26.4. The first-order valence-corrected chi connectivity index (χ1v) is 26.4. The highest BCUT2D eigenvalue weighted by atomic mass is 16.7. The average molecular weight is 1260 g/mol. The third kappa shape index (κ3) is 11.5. The van der Waals surface area contributed by atoms with Crippen LogP contribution in [-0.2, 0) is 37.9 Å². The Bertz CT molecular complexity index is 3900. The number of carbonyl (C=O) groups excluding carboxylic acids is 6. The number of fused-ring (bicyclic) bond motifs is 4. The van der Waals surface area contributed by atoms with Gasteiger partial charge in [-0.25, -0.2) is 28.8 Å². The van der Waals surface area contributed by atoms with Gasteiger partial charge in [0.1, 0.15) is 37.1 Å². The quantitative estimate of drug-likeness (QED) is 0.0481. The van der Waals surface area contributed by atoms with Gasteiger partial charge in [-0.2, -0.15) is 0 Å². The van der Waals surface area contributed by atoms with Crippen LogP contribution in [0.2, 0.25) is 0 Å². The molecule has 0 bridgehead atoms. The number of rotatable bonds is 11. The lowest BCUT2D eigenvalue weighted by Crippen LogP contribution is -2.61. The number of aromatic hydroxyl groups is 17. The smallest absolute Gasteiger partial charge is 0.342 e. The van der Waals surface area contributed by atoms with Gasteiger partial charge in [0, 0.05) is 29.2 Å². The van der Waals surface area contributed by atoms with E-state index in [-0.39, 0.29) is 5.92 Å². The van der Waals surface area contributed by atoms with Gasteiger partial charge >= 0.3 is 35.8 Å². The molecule has 3 heterocycles. The first kappa shape index (κ1) is 63.0. The predicted molar refractivity (Wildman–Crippen MR) is 290 cm³/mol. The standard InChI is InChI=1S/C58H52O32/c1-16-17(2)48-35(84-18(16)3)14-83-56(79)24-13-34(44(72)46(74)38(24)37-23(57(80)87-48)11-32(65)42(70)45(37)73)86-50-25(12-33(66)43(71)47(50)75)58(81)89-51-36(15-82-53(76)20-5-26(59)39(67)27(60)6-20)85-19(4)49(88-54(77)21-7-28(61)40(68)29(62)8-21)52(51)90-55(78)22-9-30(63)41(69)31(64)10-22/h5-13,16-19,35-36,48-49,51-52,59-75H,14-15H2,1-4H3/t16-,17+,18?,19?,35?,36?,48-,49+,51+,52+/m0/s1. The number of carbonyl (C=O) groups is 6. The number of esters is 6. The van der Waals surface area contributed by atoms with Crippen LogP contribution in [0.1, 0.15) is 89.8 Å². The Hall–Kier alpha value is -11.5. The van der Waals surface area contributed by atoms with Crippen LogP contribution in [0.4, 0.5) is 0 Å². The van der Waals surface area contributed by atoms with Crippen LogP contribution in [0.5, 0.6) is 109 Å². The van der Waals surface area contributed by atoms with Crippen LogP contribution in [-0.4, -0.2) is 185 Å². The van der Waals surface area contributed by atoms with Gasteiger partial charge in [0.25, 0.3) is 0 Å². The third-order valence-electron chi connectivity index (χ3n) is 15.2. The average Bonchev–Trinajstić information content (AvgIpc) is 1.04. The molecular formula is C58H52O32. The molecule has 6 aromatic rings. The van der Waals surface area contributed by atoms with E-state index < -0.39 is 258 Å². The zero-order chi connectivity index (χ0) is 66.0. The van der Waals surface area contributed by atoms with Crippen molar-refractivity contribution in [3.63, 3.8) is 0 Å². The molecule has 10 atom stereocenters. The number of phenols is 17. The molecule has 90 heavy (non-hydrogen) atoms. The second-order valence-corrected chi connectivity index (χ2v) is 20.8. The SMILES string of the molecule is CC1OC2COC(=O)c3cc(Oc4c(C(=O)O[C@@H]5C(COC(=O)c6cc(O)c(O)c(O)c6)OC(C)[C@@H](OC(=O)c6cc(O)c(O)c(O)c6)[C@H]5OC(=O)c5cc(O)c(O)c(O)c5)cc(O)c(O)c4O)c(O)c(O)c3-c3c(cc(O)c(O)c3O)C(=O)O[C@H]2[C@H](C)[C@@H]1C. The van der Waals surface area contributed by atoms with Gasteiger partial charge in [0.05, 0.1) is 40.0 Å². The summed E-state index contributed by atoms with van der Waals surface area (Å²) in [5, 5.41) is 181. The molecule has 32 nitrogen and oxygen atoms in total. The van der Waals surface area contributed by atoms with Crippen LogP contribution in [0.25, 0.3) is 11.1 Å². The molecule has 17 N–H and O–H groups in total. The van der Waals surface area contributed by atoms with Gasteiger partial charge in [-0.1, -0.05) is 13.8 Å². The Labute approximate surface area is 502 Å². The third-order valence-corrected chi connectivity index (χ3v) is 15.2. The molecule has 0 spiro atoms. The maximum absolute atomic E-state index is 15.0.